The first-order valence-corrected chi connectivity index (χ1v) is 8.19. The van der Waals surface area contributed by atoms with Crippen LogP contribution in [0.1, 0.15) is 22.3 Å². The van der Waals surface area contributed by atoms with E-state index < -0.39 is 11.8 Å². The van der Waals surface area contributed by atoms with E-state index in [0.29, 0.717) is 16.3 Å². The van der Waals surface area contributed by atoms with Gasteiger partial charge in [-0.2, -0.15) is 0 Å². The van der Waals surface area contributed by atoms with Gasteiger partial charge in [-0.15, -0.1) is 0 Å². The molecule has 2 aromatic carbocycles. The van der Waals surface area contributed by atoms with Crippen LogP contribution in [0, 0.1) is 20.8 Å². The predicted octanol–water partition coefficient (Wildman–Crippen LogP) is 4.79. The van der Waals surface area contributed by atoms with Crippen LogP contribution in [0.2, 0.25) is 5.02 Å². The molecule has 0 fully saturated rings. The SMILES string of the molecule is Cc1ccc(C2=C(Cl)C(=O)N(c3cc(Cl)ccc3C)C2=O)cc1C. The third kappa shape index (κ3) is 2.64. The summed E-state index contributed by atoms with van der Waals surface area (Å²) >= 11 is 12.2. The fourth-order valence-corrected chi connectivity index (χ4v) is 3.13. The van der Waals surface area contributed by atoms with E-state index in [1.165, 1.54) is 0 Å². The Labute approximate surface area is 150 Å². The number of imide groups is 1. The summed E-state index contributed by atoms with van der Waals surface area (Å²) < 4.78 is 0. The maximum absolute atomic E-state index is 12.9. The molecule has 3 rings (SSSR count). The first kappa shape index (κ1) is 16.7. The van der Waals surface area contributed by atoms with E-state index in [9.17, 15) is 9.59 Å². The van der Waals surface area contributed by atoms with Gasteiger partial charge < -0.3 is 0 Å². The van der Waals surface area contributed by atoms with E-state index >= 15 is 0 Å². The largest absolute Gasteiger partial charge is 0.277 e. The zero-order valence-corrected chi connectivity index (χ0v) is 15.0. The van der Waals surface area contributed by atoms with Crippen molar-refractivity contribution < 1.29 is 9.59 Å². The lowest BCUT2D eigenvalue weighted by Crippen LogP contribution is -2.31. The molecule has 0 spiro atoms. The van der Waals surface area contributed by atoms with Crippen LogP contribution in [0.4, 0.5) is 5.69 Å². The molecule has 3 nitrogen and oxygen atoms in total. The van der Waals surface area contributed by atoms with Gasteiger partial charge in [-0.05, 0) is 55.2 Å². The first-order chi connectivity index (χ1) is 11.3. The van der Waals surface area contributed by atoms with Gasteiger partial charge in [0.1, 0.15) is 5.03 Å². The second kappa shape index (κ2) is 6.08. The Morgan fingerprint density at radius 1 is 0.792 bits per heavy atom. The molecule has 0 N–H and O–H groups in total. The van der Waals surface area contributed by atoms with Crippen molar-refractivity contribution in [3.05, 3.63) is 68.7 Å². The highest BCUT2D eigenvalue weighted by Gasteiger charge is 2.39. The van der Waals surface area contributed by atoms with E-state index in [0.717, 1.165) is 21.6 Å². The summed E-state index contributed by atoms with van der Waals surface area (Å²) in [5, 5.41) is 0.384. The quantitative estimate of drug-likeness (QED) is 0.723. The number of anilines is 1. The molecule has 1 aliphatic heterocycles. The van der Waals surface area contributed by atoms with E-state index in [1.807, 2.05) is 32.9 Å². The van der Waals surface area contributed by atoms with Crippen LogP contribution >= 0.6 is 23.2 Å². The topological polar surface area (TPSA) is 37.4 Å². The number of aryl methyl sites for hydroxylation is 3. The minimum Gasteiger partial charge on any atom is -0.268 e. The summed E-state index contributed by atoms with van der Waals surface area (Å²) in [7, 11) is 0. The molecule has 1 aliphatic rings. The molecule has 2 amide bonds. The van der Waals surface area contributed by atoms with Gasteiger partial charge in [0.2, 0.25) is 0 Å². The molecule has 0 unspecified atom stereocenters. The van der Waals surface area contributed by atoms with Gasteiger partial charge >= 0.3 is 0 Å². The molecule has 0 saturated carbocycles. The number of hydrogen-bond donors (Lipinski definition) is 0. The van der Waals surface area contributed by atoms with Crippen LogP contribution in [0.3, 0.4) is 0 Å². The van der Waals surface area contributed by atoms with Crippen LogP contribution in [-0.4, -0.2) is 11.8 Å². The molecule has 0 bridgehead atoms. The van der Waals surface area contributed by atoms with E-state index in [1.54, 1.807) is 24.3 Å². The number of halogens is 2. The van der Waals surface area contributed by atoms with Crippen molar-refractivity contribution in [2.24, 2.45) is 0 Å². The molecule has 0 aromatic heterocycles. The Morgan fingerprint density at radius 3 is 2.12 bits per heavy atom. The molecule has 0 saturated heterocycles. The van der Waals surface area contributed by atoms with Crippen molar-refractivity contribution in [3.63, 3.8) is 0 Å². The van der Waals surface area contributed by atoms with Gasteiger partial charge in [0.15, 0.2) is 0 Å². The number of carbonyl (C=O) groups is 2. The first-order valence-electron chi connectivity index (χ1n) is 7.43. The normalized spacial score (nSPS) is 14.8. The third-order valence-electron chi connectivity index (χ3n) is 4.23. The highest BCUT2D eigenvalue weighted by atomic mass is 35.5. The summed E-state index contributed by atoms with van der Waals surface area (Å²) in [4.78, 5) is 26.6. The third-order valence-corrected chi connectivity index (χ3v) is 4.82. The second-order valence-electron chi connectivity index (χ2n) is 5.86. The zero-order valence-electron chi connectivity index (χ0n) is 13.5. The molecule has 2 aromatic rings. The Morgan fingerprint density at radius 2 is 1.46 bits per heavy atom. The molecular formula is C19H15Cl2NO2. The summed E-state index contributed by atoms with van der Waals surface area (Å²) in [6, 6.07) is 10.7. The number of hydrogen-bond acceptors (Lipinski definition) is 2. The molecule has 0 aliphatic carbocycles. The van der Waals surface area contributed by atoms with Crippen LogP contribution in [-0.2, 0) is 9.59 Å². The predicted molar refractivity (Wildman–Crippen MR) is 97.4 cm³/mol. The highest BCUT2D eigenvalue weighted by molar-refractivity contribution is 6.60. The fourth-order valence-electron chi connectivity index (χ4n) is 2.69. The van der Waals surface area contributed by atoms with Crippen molar-refractivity contribution in [1.29, 1.82) is 0 Å². The van der Waals surface area contributed by atoms with Crippen molar-refractivity contribution in [1.82, 2.24) is 0 Å². The molecule has 24 heavy (non-hydrogen) atoms. The Kier molecular flexibility index (Phi) is 4.24. The van der Waals surface area contributed by atoms with Crippen molar-refractivity contribution >= 4 is 46.3 Å². The smallest absolute Gasteiger partial charge is 0.268 e. The number of carbonyl (C=O) groups excluding carboxylic acids is 2. The minimum atomic E-state index is -0.528. The van der Waals surface area contributed by atoms with Gasteiger partial charge in [0.25, 0.3) is 11.8 Å². The zero-order chi connectivity index (χ0) is 17.6. The standard InChI is InChI=1S/C19H15Cl2NO2/c1-10-4-6-13(8-12(10)3)16-17(21)19(24)22(18(16)23)15-9-14(20)7-5-11(15)2/h4-9H,1-3H3. The lowest BCUT2D eigenvalue weighted by molar-refractivity contribution is -0.119. The average Bonchev–Trinajstić information content (AvgIpc) is 2.75. The molecule has 122 valence electrons. The number of amides is 2. The van der Waals surface area contributed by atoms with Gasteiger partial charge in [-0.3, -0.25) is 9.59 Å². The van der Waals surface area contributed by atoms with E-state index in [-0.39, 0.29) is 10.6 Å². The lowest BCUT2D eigenvalue weighted by atomic mass is 10.0. The summed E-state index contributed by atoms with van der Waals surface area (Å²) in [6.07, 6.45) is 0. The molecular weight excluding hydrogens is 345 g/mol. The number of rotatable bonds is 2. The van der Waals surface area contributed by atoms with Crippen molar-refractivity contribution in [2.45, 2.75) is 20.8 Å². The van der Waals surface area contributed by atoms with Gasteiger partial charge in [0, 0.05) is 5.02 Å². The number of nitrogens with zero attached hydrogens (tertiary/aromatic N) is 1. The monoisotopic (exact) mass is 359 g/mol. The Balaban J connectivity index is 2.11. The van der Waals surface area contributed by atoms with Gasteiger partial charge in [-0.1, -0.05) is 47.5 Å². The second-order valence-corrected chi connectivity index (χ2v) is 6.68. The lowest BCUT2D eigenvalue weighted by Gasteiger charge is -2.17. The summed E-state index contributed by atoms with van der Waals surface area (Å²) in [6.45, 7) is 5.75. The maximum atomic E-state index is 12.9. The summed E-state index contributed by atoms with van der Waals surface area (Å²) in [5.74, 6) is -0.959. The Bertz CT molecular complexity index is 916. The van der Waals surface area contributed by atoms with Crippen LogP contribution in [0.15, 0.2) is 41.4 Å². The minimum absolute atomic E-state index is 0.0670. The fraction of sp³-hybridized carbons (Fsp3) is 0.158. The van der Waals surface area contributed by atoms with Crippen LogP contribution in [0.5, 0.6) is 0 Å². The van der Waals surface area contributed by atoms with E-state index in [4.69, 9.17) is 23.2 Å². The maximum Gasteiger partial charge on any atom is 0.277 e. The van der Waals surface area contributed by atoms with Crippen molar-refractivity contribution in [3.8, 4) is 0 Å². The highest BCUT2D eigenvalue weighted by Crippen LogP contribution is 2.37. The van der Waals surface area contributed by atoms with Crippen LogP contribution in [0.25, 0.3) is 5.57 Å². The Hall–Kier alpha value is -2.10. The molecule has 5 heteroatoms. The average molecular weight is 360 g/mol. The molecule has 0 radical (unpaired) electrons. The molecule has 1 heterocycles. The molecule has 0 atom stereocenters. The van der Waals surface area contributed by atoms with E-state index in [2.05, 4.69) is 0 Å². The van der Waals surface area contributed by atoms with Crippen LogP contribution < -0.4 is 4.90 Å². The van der Waals surface area contributed by atoms with Gasteiger partial charge in [0.05, 0.1) is 11.3 Å². The number of benzene rings is 2. The summed E-state index contributed by atoms with van der Waals surface area (Å²) in [5.41, 5.74) is 4.23. The van der Waals surface area contributed by atoms with Gasteiger partial charge in [-0.25, -0.2) is 4.90 Å². The van der Waals surface area contributed by atoms with Crippen molar-refractivity contribution in [2.75, 3.05) is 4.90 Å².